The third-order valence-electron chi connectivity index (χ3n) is 1.74. The van der Waals surface area contributed by atoms with Gasteiger partial charge in [0.25, 0.3) is 0 Å². The molecule has 0 saturated carbocycles. The van der Waals surface area contributed by atoms with Gasteiger partial charge in [0.05, 0.1) is 5.70 Å². The molecule has 0 amide bonds. The zero-order valence-electron chi connectivity index (χ0n) is 8.10. The first-order valence-electron chi connectivity index (χ1n) is 4.21. The molecule has 0 radical (unpaired) electrons. The summed E-state index contributed by atoms with van der Waals surface area (Å²) in [4.78, 5) is 11.1. The summed E-state index contributed by atoms with van der Waals surface area (Å²) < 4.78 is 1.59. The molecular formula is C11H12N2O. The number of allylic oxidation sites excluding steroid dienone is 4. The highest BCUT2D eigenvalue weighted by atomic mass is 16.1. The van der Waals surface area contributed by atoms with Crippen LogP contribution in [0.1, 0.15) is 5.69 Å². The molecule has 0 aliphatic carbocycles. The summed E-state index contributed by atoms with van der Waals surface area (Å²) in [6.45, 7) is 8.91. The highest BCUT2D eigenvalue weighted by Crippen LogP contribution is 2.02. The maximum Gasteiger partial charge on any atom is 0.203 e. The number of hydrogen-bond acceptors (Lipinski definition) is 2. The number of aryl methyl sites for hydroxylation is 1. The van der Waals surface area contributed by atoms with Gasteiger partial charge in [-0.2, -0.15) is 5.10 Å². The minimum absolute atomic E-state index is 0.0664. The molecule has 0 unspecified atom stereocenters. The summed E-state index contributed by atoms with van der Waals surface area (Å²) in [5, 5.41) is 4.08. The standard InChI is InChI=1S/C11H12N2O/c1-4-6-10(5-2)13-8-7-11(14)9(3)12-13/h4-8H,1-2H2,3H3/b10-6+. The predicted molar refractivity (Wildman–Crippen MR) is 57.9 cm³/mol. The van der Waals surface area contributed by atoms with Crippen LogP contribution < -0.4 is 5.43 Å². The van der Waals surface area contributed by atoms with E-state index in [-0.39, 0.29) is 5.43 Å². The van der Waals surface area contributed by atoms with Crippen molar-refractivity contribution >= 4 is 5.70 Å². The second kappa shape index (κ2) is 4.37. The molecule has 0 atom stereocenters. The first kappa shape index (κ1) is 10.2. The Bertz CT molecular complexity index is 441. The first-order chi connectivity index (χ1) is 6.69. The lowest BCUT2D eigenvalue weighted by Gasteiger charge is -2.04. The van der Waals surface area contributed by atoms with Crippen molar-refractivity contribution in [2.45, 2.75) is 6.92 Å². The molecule has 0 aromatic carbocycles. The molecule has 72 valence electrons. The van der Waals surface area contributed by atoms with Crippen LogP contribution in [0.15, 0.2) is 48.4 Å². The minimum atomic E-state index is -0.0664. The zero-order valence-corrected chi connectivity index (χ0v) is 8.10. The van der Waals surface area contributed by atoms with Gasteiger partial charge in [-0.25, -0.2) is 4.68 Å². The molecular weight excluding hydrogens is 176 g/mol. The molecule has 0 fully saturated rings. The van der Waals surface area contributed by atoms with Crippen molar-refractivity contribution in [3.8, 4) is 0 Å². The van der Waals surface area contributed by atoms with E-state index in [1.54, 1.807) is 36.0 Å². The van der Waals surface area contributed by atoms with Crippen molar-refractivity contribution < 1.29 is 0 Å². The molecule has 14 heavy (non-hydrogen) atoms. The topological polar surface area (TPSA) is 34.9 Å². The third kappa shape index (κ3) is 2.07. The van der Waals surface area contributed by atoms with E-state index in [1.165, 1.54) is 6.07 Å². The van der Waals surface area contributed by atoms with E-state index in [2.05, 4.69) is 18.3 Å². The van der Waals surface area contributed by atoms with Gasteiger partial charge in [0.15, 0.2) is 0 Å². The Morgan fingerprint density at radius 1 is 1.57 bits per heavy atom. The lowest BCUT2D eigenvalue weighted by atomic mass is 10.3. The van der Waals surface area contributed by atoms with Crippen LogP contribution in [0.4, 0.5) is 0 Å². The fourth-order valence-electron chi connectivity index (χ4n) is 1.01. The minimum Gasteiger partial charge on any atom is -0.288 e. The Morgan fingerprint density at radius 3 is 2.79 bits per heavy atom. The van der Waals surface area contributed by atoms with Gasteiger partial charge in [-0.1, -0.05) is 19.2 Å². The van der Waals surface area contributed by atoms with E-state index in [0.717, 1.165) is 5.70 Å². The maximum atomic E-state index is 11.1. The third-order valence-corrected chi connectivity index (χ3v) is 1.74. The zero-order chi connectivity index (χ0) is 10.6. The van der Waals surface area contributed by atoms with Crippen LogP contribution >= 0.6 is 0 Å². The lowest BCUT2D eigenvalue weighted by Crippen LogP contribution is -2.12. The molecule has 0 aliphatic heterocycles. The Balaban J connectivity index is 3.25. The van der Waals surface area contributed by atoms with Crippen molar-refractivity contribution in [2.24, 2.45) is 0 Å². The molecule has 3 heteroatoms. The van der Waals surface area contributed by atoms with Crippen LogP contribution in [0.3, 0.4) is 0 Å². The molecule has 0 bridgehead atoms. The molecule has 1 rings (SSSR count). The van der Waals surface area contributed by atoms with Gasteiger partial charge >= 0.3 is 0 Å². The second-order valence-corrected chi connectivity index (χ2v) is 2.74. The van der Waals surface area contributed by atoms with E-state index in [1.807, 2.05) is 0 Å². The number of aromatic nitrogens is 2. The number of rotatable bonds is 3. The van der Waals surface area contributed by atoms with Crippen LogP contribution in [0.5, 0.6) is 0 Å². The normalized spacial score (nSPS) is 11.1. The van der Waals surface area contributed by atoms with E-state index in [4.69, 9.17) is 0 Å². The van der Waals surface area contributed by atoms with Gasteiger partial charge in [-0.15, -0.1) is 0 Å². The highest BCUT2D eigenvalue weighted by molar-refractivity contribution is 5.56. The Labute approximate surface area is 82.7 Å². The quantitative estimate of drug-likeness (QED) is 0.677. The summed E-state index contributed by atoms with van der Waals surface area (Å²) in [7, 11) is 0. The fraction of sp³-hybridized carbons (Fsp3) is 0.0909. The molecule has 1 aromatic heterocycles. The van der Waals surface area contributed by atoms with Crippen molar-refractivity contribution in [1.82, 2.24) is 9.78 Å². The average Bonchev–Trinajstić information content (AvgIpc) is 2.19. The summed E-state index contributed by atoms with van der Waals surface area (Å²) in [6.07, 6.45) is 6.67. The molecule has 0 aliphatic rings. The van der Waals surface area contributed by atoms with E-state index in [9.17, 15) is 4.79 Å². The molecule has 3 nitrogen and oxygen atoms in total. The second-order valence-electron chi connectivity index (χ2n) is 2.74. The molecule has 1 heterocycles. The molecule has 1 aromatic rings. The SMILES string of the molecule is C=C/C=C(\C=C)n1ccc(=O)c(C)n1. The summed E-state index contributed by atoms with van der Waals surface area (Å²) in [6, 6.07) is 1.47. The van der Waals surface area contributed by atoms with Crippen LogP contribution in [-0.4, -0.2) is 9.78 Å². The van der Waals surface area contributed by atoms with Gasteiger partial charge in [0, 0.05) is 12.3 Å². The van der Waals surface area contributed by atoms with Crippen LogP contribution in [0, 0.1) is 6.92 Å². The number of hydrogen-bond donors (Lipinski definition) is 0. The van der Waals surface area contributed by atoms with Crippen LogP contribution in [0.2, 0.25) is 0 Å². The Kier molecular flexibility index (Phi) is 3.18. The van der Waals surface area contributed by atoms with Gasteiger partial charge < -0.3 is 0 Å². The lowest BCUT2D eigenvalue weighted by molar-refractivity contribution is 0.832. The van der Waals surface area contributed by atoms with Crippen molar-refractivity contribution in [3.63, 3.8) is 0 Å². The largest absolute Gasteiger partial charge is 0.288 e. The Hall–Kier alpha value is -1.90. The van der Waals surface area contributed by atoms with Crippen LogP contribution in [-0.2, 0) is 0 Å². The molecule has 0 spiro atoms. The van der Waals surface area contributed by atoms with Crippen molar-refractivity contribution in [2.75, 3.05) is 0 Å². The van der Waals surface area contributed by atoms with E-state index < -0.39 is 0 Å². The Morgan fingerprint density at radius 2 is 2.29 bits per heavy atom. The highest BCUT2D eigenvalue weighted by Gasteiger charge is 1.97. The van der Waals surface area contributed by atoms with E-state index in [0.29, 0.717) is 5.69 Å². The predicted octanol–water partition coefficient (Wildman–Crippen LogP) is 1.76. The maximum absolute atomic E-state index is 11.1. The van der Waals surface area contributed by atoms with Crippen LogP contribution in [0.25, 0.3) is 5.70 Å². The monoisotopic (exact) mass is 188 g/mol. The fourth-order valence-corrected chi connectivity index (χ4v) is 1.01. The smallest absolute Gasteiger partial charge is 0.203 e. The van der Waals surface area contributed by atoms with Crippen molar-refractivity contribution in [1.29, 1.82) is 0 Å². The summed E-state index contributed by atoms with van der Waals surface area (Å²) >= 11 is 0. The van der Waals surface area contributed by atoms with E-state index >= 15 is 0 Å². The van der Waals surface area contributed by atoms with Gasteiger partial charge in [0.1, 0.15) is 5.69 Å². The van der Waals surface area contributed by atoms with Gasteiger partial charge in [-0.05, 0) is 19.1 Å². The summed E-state index contributed by atoms with van der Waals surface area (Å²) in [5.41, 5.74) is 1.18. The molecule has 0 N–H and O–H groups in total. The molecule has 0 saturated heterocycles. The van der Waals surface area contributed by atoms with Gasteiger partial charge in [-0.3, -0.25) is 4.79 Å². The van der Waals surface area contributed by atoms with Crippen molar-refractivity contribution in [3.05, 3.63) is 59.6 Å². The van der Waals surface area contributed by atoms with Gasteiger partial charge in [0.2, 0.25) is 5.43 Å². The number of nitrogens with zero attached hydrogens (tertiary/aromatic N) is 2. The first-order valence-corrected chi connectivity index (χ1v) is 4.21. The summed E-state index contributed by atoms with van der Waals surface area (Å²) in [5.74, 6) is 0. The average molecular weight is 188 g/mol.